The van der Waals surface area contributed by atoms with Gasteiger partial charge in [0.1, 0.15) is 23.1 Å². The third-order valence-electron chi connectivity index (χ3n) is 1.96. The second-order valence-corrected chi connectivity index (χ2v) is 3.89. The minimum atomic E-state index is -0.762. The molecular weight excluding hydrogens is 206 g/mol. The zero-order chi connectivity index (χ0) is 10.3. The summed E-state index contributed by atoms with van der Waals surface area (Å²) in [6, 6.07) is -0.762. The molecule has 2 heterocycles. The van der Waals surface area contributed by atoms with Crippen molar-refractivity contribution < 1.29 is 19.4 Å². The van der Waals surface area contributed by atoms with Gasteiger partial charge < -0.3 is 15.6 Å². The van der Waals surface area contributed by atoms with E-state index in [0.29, 0.717) is 6.29 Å². The van der Waals surface area contributed by atoms with E-state index in [1.54, 1.807) is 0 Å². The summed E-state index contributed by atoms with van der Waals surface area (Å²) in [6.07, 6.45) is 0.487. The number of ether oxygens (including phenoxy) is 1. The highest BCUT2D eigenvalue weighted by Crippen LogP contribution is 2.41. The lowest BCUT2D eigenvalue weighted by Gasteiger charge is -2.17. The summed E-state index contributed by atoms with van der Waals surface area (Å²) >= 11 is 0.951. The van der Waals surface area contributed by atoms with Crippen LogP contribution in [0.25, 0.3) is 0 Å². The molecule has 1 aliphatic rings. The highest BCUT2D eigenvalue weighted by molar-refractivity contribution is 7.16. The Balaban J connectivity index is 2.59. The van der Waals surface area contributed by atoms with Crippen molar-refractivity contribution >= 4 is 23.4 Å². The van der Waals surface area contributed by atoms with Gasteiger partial charge in [0, 0.05) is 0 Å². The van der Waals surface area contributed by atoms with Gasteiger partial charge in [-0.2, -0.15) is 0 Å². The first kappa shape index (κ1) is 9.17. The molecule has 0 aromatic carbocycles. The Labute approximate surface area is 83.1 Å². The van der Waals surface area contributed by atoms with Gasteiger partial charge in [-0.1, -0.05) is 11.3 Å². The normalized spacial score (nSPS) is 20.1. The number of aldehydes is 1. The molecule has 0 bridgehead atoms. The number of carbonyl (C=O) groups excluding carboxylic acids is 2. The quantitative estimate of drug-likeness (QED) is 0.649. The molecule has 0 amide bonds. The van der Waals surface area contributed by atoms with E-state index in [-0.39, 0.29) is 33.6 Å². The molecule has 1 unspecified atom stereocenters. The van der Waals surface area contributed by atoms with Crippen molar-refractivity contribution in [3.05, 3.63) is 10.4 Å². The maximum absolute atomic E-state index is 11.5. The van der Waals surface area contributed by atoms with E-state index < -0.39 is 6.04 Å². The number of thiophene rings is 1. The summed E-state index contributed by atoms with van der Waals surface area (Å²) in [5.74, 6) is -0.701. The van der Waals surface area contributed by atoms with Crippen molar-refractivity contribution in [2.24, 2.45) is 5.73 Å². The summed E-state index contributed by atoms with van der Waals surface area (Å²) in [7, 11) is 0. The predicted octanol–water partition coefficient (Wildman–Crippen LogP) is 0.169. The summed E-state index contributed by atoms with van der Waals surface area (Å²) in [6.45, 7) is 0.0874. The average Bonchev–Trinajstić information content (AvgIpc) is 2.50. The van der Waals surface area contributed by atoms with E-state index in [1.807, 2.05) is 0 Å². The van der Waals surface area contributed by atoms with Gasteiger partial charge in [0.25, 0.3) is 0 Å². The van der Waals surface area contributed by atoms with Crippen molar-refractivity contribution in [3.8, 4) is 10.8 Å². The summed E-state index contributed by atoms with van der Waals surface area (Å²) in [4.78, 5) is 22.1. The third kappa shape index (κ3) is 1.11. The van der Waals surface area contributed by atoms with Gasteiger partial charge in [-0.25, -0.2) is 0 Å². The number of aromatic hydroxyl groups is 1. The molecular formula is C8H7NO4S. The Morgan fingerprint density at radius 1 is 1.64 bits per heavy atom. The molecule has 2 rings (SSSR count). The number of fused-ring (bicyclic) bond motifs is 1. The average molecular weight is 213 g/mol. The van der Waals surface area contributed by atoms with E-state index >= 15 is 0 Å². The maximum atomic E-state index is 11.5. The topological polar surface area (TPSA) is 89.6 Å². The van der Waals surface area contributed by atoms with Crippen LogP contribution in [0.3, 0.4) is 0 Å². The van der Waals surface area contributed by atoms with Gasteiger partial charge in [-0.05, 0) is 0 Å². The van der Waals surface area contributed by atoms with Crippen LogP contribution in [0.15, 0.2) is 0 Å². The highest BCUT2D eigenvalue weighted by atomic mass is 32.1. The molecule has 0 aliphatic carbocycles. The van der Waals surface area contributed by atoms with Crippen LogP contribution in [0.2, 0.25) is 0 Å². The SMILES string of the molecule is NC1COc2sc(C=O)c(O)c2C1=O. The number of hydrogen-bond acceptors (Lipinski definition) is 6. The molecule has 14 heavy (non-hydrogen) atoms. The Hall–Kier alpha value is -1.40. The van der Waals surface area contributed by atoms with Crippen LogP contribution in [-0.4, -0.2) is 29.8 Å². The van der Waals surface area contributed by atoms with E-state index in [4.69, 9.17) is 10.5 Å². The Morgan fingerprint density at radius 2 is 2.36 bits per heavy atom. The molecule has 1 aromatic heterocycles. The number of nitrogens with two attached hydrogens (primary N) is 1. The lowest BCUT2D eigenvalue weighted by atomic mass is 10.1. The summed E-state index contributed by atoms with van der Waals surface area (Å²) < 4.78 is 5.12. The van der Waals surface area contributed by atoms with Crippen LogP contribution in [0.5, 0.6) is 10.8 Å². The molecule has 6 heteroatoms. The van der Waals surface area contributed by atoms with Gasteiger partial charge in [0.2, 0.25) is 0 Å². The van der Waals surface area contributed by atoms with Gasteiger partial charge in [-0.3, -0.25) is 9.59 Å². The number of Topliss-reactive ketones (excluding diaryl/α,β-unsaturated/α-hetero) is 1. The molecule has 0 fully saturated rings. The first-order valence-corrected chi connectivity index (χ1v) is 4.70. The molecule has 1 aliphatic heterocycles. The van der Waals surface area contributed by atoms with Crippen LogP contribution < -0.4 is 10.5 Å². The van der Waals surface area contributed by atoms with Crippen molar-refractivity contribution in [1.29, 1.82) is 0 Å². The summed E-state index contributed by atoms with van der Waals surface area (Å²) in [5, 5.41) is 9.76. The van der Waals surface area contributed by atoms with Crippen LogP contribution in [0.1, 0.15) is 20.0 Å². The lowest BCUT2D eigenvalue weighted by Crippen LogP contribution is -2.39. The van der Waals surface area contributed by atoms with Gasteiger partial charge in [0.15, 0.2) is 22.9 Å². The molecule has 5 nitrogen and oxygen atoms in total. The fourth-order valence-corrected chi connectivity index (χ4v) is 2.12. The minimum absolute atomic E-state index is 0.0378. The third-order valence-corrected chi connectivity index (χ3v) is 2.98. The van der Waals surface area contributed by atoms with E-state index in [9.17, 15) is 14.7 Å². The van der Waals surface area contributed by atoms with Gasteiger partial charge in [-0.15, -0.1) is 0 Å². The second kappa shape index (κ2) is 3.07. The molecule has 0 radical (unpaired) electrons. The van der Waals surface area contributed by atoms with Crippen LogP contribution in [0.4, 0.5) is 0 Å². The molecule has 0 saturated carbocycles. The molecule has 3 N–H and O–H groups in total. The fraction of sp³-hybridized carbons (Fsp3) is 0.250. The predicted molar refractivity (Wildman–Crippen MR) is 49.2 cm³/mol. The minimum Gasteiger partial charge on any atom is -0.505 e. The van der Waals surface area contributed by atoms with Crippen LogP contribution >= 0.6 is 11.3 Å². The Bertz CT molecular complexity index is 412. The van der Waals surface area contributed by atoms with E-state index in [0.717, 1.165) is 11.3 Å². The molecule has 1 aromatic rings. The fourth-order valence-electron chi connectivity index (χ4n) is 1.24. The maximum Gasteiger partial charge on any atom is 0.191 e. The second-order valence-electron chi connectivity index (χ2n) is 2.88. The van der Waals surface area contributed by atoms with Crippen molar-refractivity contribution in [2.45, 2.75) is 6.04 Å². The molecule has 0 saturated heterocycles. The number of carbonyl (C=O) groups is 2. The monoisotopic (exact) mass is 213 g/mol. The van der Waals surface area contributed by atoms with Crippen molar-refractivity contribution in [3.63, 3.8) is 0 Å². The first-order valence-electron chi connectivity index (χ1n) is 3.88. The van der Waals surface area contributed by atoms with Crippen LogP contribution in [0, 0.1) is 0 Å². The first-order chi connectivity index (χ1) is 6.65. The van der Waals surface area contributed by atoms with Gasteiger partial charge in [0.05, 0.1) is 0 Å². The smallest absolute Gasteiger partial charge is 0.191 e. The standard InChI is InChI=1S/C8H7NO4S/c9-3-2-13-8-5(6(3)11)7(12)4(1-10)14-8/h1,3,12H,2,9H2. The zero-order valence-corrected chi connectivity index (χ0v) is 7.84. The van der Waals surface area contributed by atoms with E-state index in [2.05, 4.69) is 0 Å². The Morgan fingerprint density at radius 3 is 3.00 bits per heavy atom. The largest absolute Gasteiger partial charge is 0.505 e. The highest BCUT2D eigenvalue weighted by Gasteiger charge is 2.32. The molecule has 74 valence electrons. The Kier molecular flexibility index (Phi) is 2.01. The number of ketones is 1. The van der Waals surface area contributed by atoms with Crippen LogP contribution in [-0.2, 0) is 0 Å². The summed E-state index contributed by atoms with van der Waals surface area (Å²) in [5.41, 5.74) is 5.48. The zero-order valence-electron chi connectivity index (χ0n) is 7.02. The van der Waals surface area contributed by atoms with Crippen molar-refractivity contribution in [2.75, 3.05) is 6.61 Å². The lowest BCUT2D eigenvalue weighted by molar-refractivity contribution is 0.0900. The molecule has 0 spiro atoms. The van der Waals surface area contributed by atoms with Crippen molar-refractivity contribution in [1.82, 2.24) is 0 Å². The number of hydrogen-bond donors (Lipinski definition) is 2. The number of rotatable bonds is 1. The van der Waals surface area contributed by atoms with E-state index in [1.165, 1.54) is 0 Å². The van der Waals surface area contributed by atoms with Gasteiger partial charge >= 0.3 is 0 Å². The molecule has 1 atom stereocenters.